The fraction of sp³-hybridized carbons (Fsp3) is 0.526. The lowest BCUT2D eigenvalue weighted by atomic mass is 9.94. The van der Waals surface area contributed by atoms with Gasteiger partial charge in [-0.25, -0.2) is 9.18 Å². The summed E-state index contributed by atoms with van der Waals surface area (Å²) in [5, 5.41) is 12.0. The second-order valence-corrected chi connectivity index (χ2v) is 7.10. The van der Waals surface area contributed by atoms with Gasteiger partial charge in [0.1, 0.15) is 11.9 Å². The van der Waals surface area contributed by atoms with Gasteiger partial charge in [-0.3, -0.25) is 9.59 Å². The Balaban J connectivity index is 1.52. The van der Waals surface area contributed by atoms with E-state index in [1.165, 1.54) is 24.3 Å². The molecule has 1 aliphatic carbocycles. The molecule has 1 atom stereocenters. The van der Waals surface area contributed by atoms with Gasteiger partial charge in [0, 0.05) is 31.3 Å². The average Bonchev–Trinajstić information content (AvgIpc) is 3.47. The highest BCUT2D eigenvalue weighted by Gasteiger charge is 2.36. The molecule has 1 saturated heterocycles. The Morgan fingerprint density at radius 2 is 1.69 bits per heavy atom. The van der Waals surface area contributed by atoms with Crippen molar-refractivity contribution in [3.63, 3.8) is 0 Å². The van der Waals surface area contributed by atoms with Crippen molar-refractivity contribution >= 4 is 17.8 Å². The van der Waals surface area contributed by atoms with Crippen LogP contribution in [0.2, 0.25) is 0 Å². The molecule has 0 bridgehead atoms. The standard InChI is InChI=1S/C19H23FN2O4/c20-15-5-1-12(2-6-15)11-16(19(25)26)21-17(23)13-7-9-22(10-8-13)18(24)14-3-4-14/h1-2,5-6,13-14,16H,3-4,7-11H2,(H,21,23)(H,25,26)/t16-/m0/s1. The summed E-state index contributed by atoms with van der Waals surface area (Å²) in [7, 11) is 0. The number of piperidine rings is 1. The number of carboxylic acid groups (broad SMARTS) is 1. The highest BCUT2D eigenvalue weighted by atomic mass is 19.1. The summed E-state index contributed by atoms with van der Waals surface area (Å²) in [5.74, 6) is -1.73. The van der Waals surface area contributed by atoms with Gasteiger partial charge in [-0.1, -0.05) is 12.1 Å². The van der Waals surface area contributed by atoms with Crippen LogP contribution in [-0.2, 0) is 20.8 Å². The molecule has 1 aromatic rings. The van der Waals surface area contributed by atoms with Crippen molar-refractivity contribution in [1.29, 1.82) is 0 Å². The minimum absolute atomic E-state index is 0.0976. The summed E-state index contributed by atoms with van der Waals surface area (Å²) < 4.78 is 13.0. The predicted molar refractivity (Wildman–Crippen MR) is 91.7 cm³/mol. The number of hydrogen-bond donors (Lipinski definition) is 2. The van der Waals surface area contributed by atoms with E-state index in [1.807, 2.05) is 4.90 Å². The molecule has 0 aromatic heterocycles. The van der Waals surface area contributed by atoms with Gasteiger partial charge >= 0.3 is 5.97 Å². The lowest BCUT2D eigenvalue weighted by Crippen LogP contribution is -2.48. The highest BCUT2D eigenvalue weighted by molar-refractivity contribution is 5.86. The maximum Gasteiger partial charge on any atom is 0.326 e. The molecule has 2 fully saturated rings. The summed E-state index contributed by atoms with van der Waals surface area (Å²) in [6.45, 7) is 1.09. The molecular weight excluding hydrogens is 339 g/mol. The Kier molecular flexibility index (Phi) is 5.54. The van der Waals surface area contributed by atoms with Crippen molar-refractivity contribution in [3.05, 3.63) is 35.6 Å². The van der Waals surface area contributed by atoms with Crippen LogP contribution >= 0.6 is 0 Å². The first-order valence-corrected chi connectivity index (χ1v) is 9.00. The number of carboxylic acids is 1. The number of nitrogens with one attached hydrogen (secondary N) is 1. The molecule has 2 amide bonds. The van der Waals surface area contributed by atoms with Gasteiger partial charge in [-0.2, -0.15) is 0 Å². The maximum absolute atomic E-state index is 13.0. The van der Waals surface area contributed by atoms with E-state index in [-0.39, 0.29) is 30.1 Å². The molecule has 26 heavy (non-hydrogen) atoms. The largest absolute Gasteiger partial charge is 0.480 e. The average molecular weight is 362 g/mol. The summed E-state index contributed by atoms with van der Waals surface area (Å²) in [6, 6.07) is 4.50. The Labute approximate surface area is 151 Å². The van der Waals surface area contributed by atoms with Crippen molar-refractivity contribution in [2.75, 3.05) is 13.1 Å². The molecule has 3 rings (SSSR count). The van der Waals surface area contributed by atoms with Crippen molar-refractivity contribution in [2.45, 2.75) is 38.1 Å². The van der Waals surface area contributed by atoms with Crippen LogP contribution in [0.25, 0.3) is 0 Å². The van der Waals surface area contributed by atoms with Crippen molar-refractivity contribution < 1.29 is 23.9 Å². The first-order valence-electron chi connectivity index (χ1n) is 9.00. The minimum atomic E-state index is -1.12. The zero-order valence-corrected chi connectivity index (χ0v) is 14.5. The highest BCUT2D eigenvalue weighted by Crippen LogP contribution is 2.32. The van der Waals surface area contributed by atoms with Crippen molar-refractivity contribution in [3.8, 4) is 0 Å². The fourth-order valence-electron chi connectivity index (χ4n) is 3.30. The van der Waals surface area contributed by atoms with Crippen LogP contribution in [0.4, 0.5) is 4.39 Å². The number of rotatable bonds is 6. The minimum Gasteiger partial charge on any atom is -0.480 e. The number of aliphatic carboxylic acids is 1. The Morgan fingerprint density at radius 1 is 1.08 bits per heavy atom. The molecule has 1 aliphatic heterocycles. The van der Waals surface area contributed by atoms with E-state index in [0.29, 0.717) is 31.5 Å². The van der Waals surface area contributed by atoms with E-state index in [1.54, 1.807) is 0 Å². The van der Waals surface area contributed by atoms with Gasteiger partial charge in [0.2, 0.25) is 11.8 Å². The van der Waals surface area contributed by atoms with Crippen LogP contribution in [0.15, 0.2) is 24.3 Å². The van der Waals surface area contributed by atoms with E-state index in [2.05, 4.69) is 5.32 Å². The number of halogens is 1. The van der Waals surface area contributed by atoms with Gasteiger partial charge in [-0.05, 0) is 43.4 Å². The first kappa shape index (κ1) is 18.4. The molecule has 2 N–H and O–H groups in total. The van der Waals surface area contributed by atoms with Crippen LogP contribution in [-0.4, -0.2) is 46.9 Å². The number of hydrogen-bond acceptors (Lipinski definition) is 3. The number of likely N-dealkylation sites (tertiary alicyclic amines) is 1. The van der Waals surface area contributed by atoms with E-state index in [4.69, 9.17) is 0 Å². The number of carbonyl (C=O) groups is 3. The monoisotopic (exact) mass is 362 g/mol. The van der Waals surface area contributed by atoms with Crippen LogP contribution in [0, 0.1) is 17.7 Å². The summed E-state index contributed by atoms with van der Waals surface area (Å²) >= 11 is 0. The zero-order chi connectivity index (χ0) is 18.7. The lowest BCUT2D eigenvalue weighted by molar-refractivity contribution is -0.143. The summed E-state index contributed by atoms with van der Waals surface area (Å²) in [5.41, 5.74) is 0.643. The smallest absolute Gasteiger partial charge is 0.326 e. The lowest BCUT2D eigenvalue weighted by Gasteiger charge is -2.32. The molecule has 1 saturated carbocycles. The molecule has 1 heterocycles. The molecule has 1 aromatic carbocycles. The van der Waals surface area contributed by atoms with Gasteiger partial charge < -0.3 is 15.3 Å². The van der Waals surface area contributed by atoms with E-state index in [9.17, 15) is 23.9 Å². The van der Waals surface area contributed by atoms with E-state index < -0.39 is 17.8 Å². The molecule has 6 nitrogen and oxygen atoms in total. The van der Waals surface area contributed by atoms with Crippen LogP contribution in [0.1, 0.15) is 31.2 Å². The molecule has 0 unspecified atom stereocenters. The van der Waals surface area contributed by atoms with Gasteiger partial charge in [0.05, 0.1) is 0 Å². The molecule has 0 radical (unpaired) electrons. The van der Waals surface area contributed by atoms with Gasteiger partial charge in [-0.15, -0.1) is 0 Å². The van der Waals surface area contributed by atoms with Gasteiger partial charge in [0.25, 0.3) is 0 Å². The first-order chi connectivity index (χ1) is 12.4. The topological polar surface area (TPSA) is 86.7 Å². The third kappa shape index (κ3) is 4.59. The zero-order valence-electron chi connectivity index (χ0n) is 14.5. The number of benzene rings is 1. The van der Waals surface area contributed by atoms with E-state index in [0.717, 1.165) is 12.8 Å². The van der Waals surface area contributed by atoms with E-state index >= 15 is 0 Å². The normalized spacial score (nSPS) is 19.0. The van der Waals surface area contributed by atoms with Gasteiger partial charge in [0.15, 0.2) is 0 Å². The molecule has 140 valence electrons. The second-order valence-electron chi connectivity index (χ2n) is 7.10. The van der Waals surface area contributed by atoms with Crippen LogP contribution in [0.5, 0.6) is 0 Å². The van der Waals surface area contributed by atoms with Crippen LogP contribution in [0.3, 0.4) is 0 Å². The maximum atomic E-state index is 13.0. The SMILES string of the molecule is O=C(N[C@@H](Cc1ccc(F)cc1)C(=O)O)C1CCN(C(=O)C2CC2)CC1. The third-order valence-corrected chi connectivity index (χ3v) is 5.07. The number of carbonyl (C=O) groups excluding carboxylic acids is 2. The predicted octanol–water partition coefficient (Wildman–Crippen LogP) is 1.59. The Morgan fingerprint density at radius 3 is 2.23 bits per heavy atom. The van der Waals surface area contributed by atoms with Crippen LogP contribution < -0.4 is 5.32 Å². The number of amides is 2. The molecular formula is C19H23FN2O4. The summed E-state index contributed by atoms with van der Waals surface area (Å²) in [6.07, 6.45) is 3.12. The molecule has 0 spiro atoms. The third-order valence-electron chi connectivity index (χ3n) is 5.07. The van der Waals surface area contributed by atoms with Crippen molar-refractivity contribution in [1.82, 2.24) is 10.2 Å². The molecule has 7 heteroatoms. The quantitative estimate of drug-likeness (QED) is 0.805. The molecule has 2 aliphatic rings. The second kappa shape index (κ2) is 7.85. The number of nitrogens with zero attached hydrogens (tertiary/aromatic N) is 1. The Bertz CT molecular complexity index is 679. The fourth-order valence-corrected chi connectivity index (χ4v) is 3.30. The van der Waals surface area contributed by atoms with Crippen molar-refractivity contribution in [2.24, 2.45) is 11.8 Å². The summed E-state index contributed by atoms with van der Waals surface area (Å²) in [4.78, 5) is 37.8. The Hall–Kier alpha value is -2.44.